The SMILES string of the molecule is CCNC(c1cccc(F)c1)C1CN(CC)CCO1. The van der Waals surface area contributed by atoms with Crippen molar-refractivity contribution < 1.29 is 9.13 Å². The number of rotatable bonds is 5. The van der Waals surface area contributed by atoms with Gasteiger partial charge in [0.25, 0.3) is 0 Å². The third-order valence-electron chi connectivity index (χ3n) is 3.63. The molecule has 1 aliphatic rings. The van der Waals surface area contributed by atoms with Crippen molar-refractivity contribution >= 4 is 0 Å². The molecule has 1 aliphatic heterocycles. The number of morpholine rings is 1. The molecule has 0 aliphatic carbocycles. The van der Waals surface area contributed by atoms with Gasteiger partial charge in [-0.1, -0.05) is 26.0 Å². The van der Waals surface area contributed by atoms with E-state index < -0.39 is 0 Å². The number of ether oxygens (including phenoxy) is 1. The van der Waals surface area contributed by atoms with Crippen LogP contribution in [0.2, 0.25) is 0 Å². The molecule has 0 aromatic heterocycles. The Bertz CT molecular complexity index is 399. The Morgan fingerprint density at radius 1 is 1.47 bits per heavy atom. The van der Waals surface area contributed by atoms with Crippen LogP contribution in [0.15, 0.2) is 24.3 Å². The monoisotopic (exact) mass is 266 g/mol. The Morgan fingerprint density at radius 2 is 2.32 bits per heavy atom. The Hall–Kier alpha value is -0.970. The highest BCUT2D eigenvalue weighted by atomic mass is 19.1. The summed E-state index contributed by atoms with van der Waals surface area (Å²) >= 11 is 0. The minimum Gasteiger partial charge on any atom is -0.374 e. The van der Waals surface area contributed by atoms with Crippen molar-refractivity contribution in [2.24, 2.45) is 0 Å². The molecule has 0 amide bonds. The second-order valence-electron chi connectivity index (χ2n) is 4.89. The molecule has 0 radical (unpaired) electrons. The molecule has 3 nitrogen and oxygen atoms in total. The topological polar surface area (TPSA) is 24.5 Å². The highest BCUT2D eigenvalue weighted by Crippen LogP contribution is 2.23. The molecule has 4 heteroatoms. The Labute approximate surface area is 114 Å². The van der Waals surface area contributed by atoms with Gasteiger partial charge in [0.2, 0.25) is 0 Å². The van der Waals surface area contributed by atoms with Crippen LogP contribution in [0.25, 0.3) is 0 Å². The molecule has 2 rings (SSSR count). The fraction of sp³-hybridized carbons (Fsp3) is 0.600. The fourth-order valence-corrected chi connectivity index (χ4v) is 2.60. The maximum Gasteiger partial charge on any atom is 0.123 e. The summed E-state index contributed by atoms with van der Waals surface area (Å²) in [5, 5.41) is 3.42. The lowest BCUT2D eigenvalue weighted by molar-refractivity contribution is -0.0454. The molecule has 0 saturated carbocycles. The number of nitrogens with zero attached hydrogens (tertiary/aromatic N) is 1. The van der Waals surface area contributed by atoms with E-state index >= 15 is 0 Å². The zero-order valence-electron chi connectivity index (χ0n) is 11.7. The summed E-state index contributed by atoms with van der Waals surface area (Å²) in [5.41, 5.74) is 0.963. The number of halogens is 1. The van der Waals surface area contributed by atoms with Crippen LogP contribution < -0.4 is 5.32 Å². The van der Waals surface area contributed by atoms with E-state index in [0.29, 0.717) is 0 Å². The molecule has 19 heavy (non-hydrogen) atoms. The molecular weight excluding hydrogens is 243 g/mol. The lowest BCUT2D eigenvalue weighted by Crippen LogP contribution is -2.48. The number of nitrogens with one attached hydrogen (secondary N) is 1. The lowest BCUT2D eigenvalue weighted by Gasteiger charge is -2.37. The predicted molar refractivity (Wildman–Crippen MR) is 74.7 cm³/mol. The van der Waals surface area contributed by atoms with Crippen LogP contribution in [-0.2, 0) is 4.74 Å². The lowest BCUT2D eigenvalue weighted by atomic mass is 9.99. The molecule has 1 fully saturated rings. The maximum absolute atomic E-state index is 13.4. The van der Waals surface area contributed by atoms with Crippen LogP contribution in [-0.4, -0.2) is 43.8 Å². The molecule has 2 atom stereocenters. The first-order chi connectivity index (χ1) is 9.24. The third-order valence-corrected chi connectivity index (χ3v) is 3.63. The van der Waals surface area contributed by atoms with Gasteiger partial charge in [-0.2, -0.15) is 0 Å². The quantitative estimate of drug-likeness (QED) is 0.884. The summed E-state index contributed by atoms with van der Waals surface area (Å²) in [4.78, 5) is 2.37. The summed E-state index contributed by atoms with van der Waals surface area (Å²) in [7, 11) is 0. The van der Waals surface area contributed by atoms with Gasteiger partial charge in [0.05, 0.1) is 18.8 Å². The van der Waals surface area contributed by atoms with Crippen LogP contribution in [0, 0.1) is 5.82 Å². The van der Waals surface area contributed by atoms with Crippen LogP contribution in [0.4, 0.5) is 4.39 Å². The highest BCUT2D eigenvalue weighted by molar-refractivity contribution is 5.21. The standard InChI is InChI=1S/C15H23FN2O/c1-3-17-15(12-6-5-7-13(16)10-12)14-11-18(4-2)8-9-19-14/h5-7,10,14-15,17H,3-4,8-9,11H2,1-2H3. The number of likely N-dealkylation sites (N-methyl/N-ethyl adjacent to an activating group) is 2. The minimum absolute atomic E-state index is 0.0510. The number of benzene rings is 1. The van der Waals surface area contributed by atoms with Crippen molar-refractivity contribution in [1.82, 2.24) is 10.2 Å². The van der Waals surface area contributed by atoms with E-state index in [1.165, 1.54) is 6.07 Å². The van der Waals surface area contributed by atoms with E-state index in [1.807, 2.05) is 6.07 Å². The molecule has 0 bridgehead atoms. The van der Waals surface area contributed by atoms with E-state index in [0.717, 1.165) is 38.3 Å². The molecular formula is C15H23FN2O. The number of hydrogen-bond donors (Lipinski definition) is 1. The molecule has 2 unspecified atom stereocenters. The van der Waals surface area contributed by atoms with Gasteiger partial charge in [-0.25, -0.2) is 4.39 Å². The summed E-state index contributed by atoms with van der Waals surface area (Å²) in [6.45, 7) is 8.71. The second-order valence-corrected chi connectivity index (χ2v) is 4.89. The van der Waals surface area contributed by atoms with Crippen molar-refractivity contribution in [2.75, 3.05) is 32.8 Å². The van der Waals surface area contributed by atoms with Gasteiger partial charge in [0.15, 0.2) is 0 Å². The molecule has 1 heterocycles. The van der Waals surface area contributed by atoms with Crippen molar-refractivity contribution in [1.29, 1.82) is 0 Å². The maximum atomic E-state index is 13.4. The summed E-state index contributed by atoms with van der Waals surface area (Å²) < 4.78 is 19.3. The van der Waals surface area contributed by atoms with E-state index in [9.17, 15) is 4.39 Å². The molecule has 1 aromatic rings. The first-order valence-corrected chi connectivity index (χ1v) is 7.07. The minimum atomic E-state index is -0.191. The summed E-state index contributed by atoms with van der Waals surface area (Å²) in [6, 6.07) is 6.85. The molecule has 0 spiro atoms. The average molecular weight is 266 g/mol. The van der Waals surface area contributed by atoms with Crippen LogP contribution >= 0.6 is 0 Å². The zero-order valence-corrected chi connectivity index (χ0v) is 11.7. The van der Waals surface area contributed by atoms with Crippen LogP contribution in [0.1, 0.15) is 25.5 Å². The van der Waals surface area contributed by atoms with Crippen LogP contribution in [0.3, 0.4) is 0 Å². The first-order valence-electron chi connectivity index (χ1n) is 7.07. The number of hydrogen-bond acceptors (Lipinski definition) is 3. The summed E-state index contributed by atoms with van der Waals surface area (Å²) in [5.74, 6) is -0.191. The van der Waals surface area contributed by atoms with Gasteiger partial charge in [-0.15, -0.1) is 0 Å². The summed E-state index contributed by atoms with van der Waals surface area (Å²) in [6.07, 6.45) is 0.0791. The van der Waals surface area contributed by atoms with E-state index in [1.54, 1.807) is 12.1 Å². The fourth-order valence-electron chi connectivity index (χ4n) is 2.60. The van der Waals surface area contributed by atoms with Crippen molar-refractivity contribution in [2.45, 2.75) is 26.0 Å². The third kappa shape index (κ3) is 3.75. The van der Waals surface area contributed by atoms with E-state index in [4.69, 9.17) is 4.74 Å². The van der Waals surface area contributed by atoms with Gasteiger partial charge in [-0.05, 0) is 30.8 Å². The molecule has 1 saturated heterocycles. The van der Waals surface area contributed by atoms with Crippen molar-refractivity contribution in [3.63, 3.8) is 0 Å². The molecule has 1 N–H and O–H groups in total. The Kier molecular flexibility index (Phi) is 5.31. The Balaban J connectivity index is 2.15. The van der Waals surface area contributed by atoms with Gasteiger partial charge in [0.1, 0.15) is 5.82 Å². The first kappa shape index (κ1) is 14.4. The van der Waals surface area contributed by atoms with E-state index in [-0.39, 0.29) is 18.0 Å². The van der Waals surface area contributed by atoms with Crippen molar-refractivity contribution in [3.8, 4) is 0 Å². The average Bonchev–Trinajstić information content (AvgIpc) is 2.45. The normalized spacial score (nSPS) is 22.4. The van der Waals surface area contributed by atoms with Crippen LogP contribution in [0.5, 0.6) is 0 Å². The zero-order chi connectivity index (χ0) is 13.7. The second kappa shape index (κ2) is 6.98. The van der Waals surface area contributed by atoms with Gasteiger partial charge in [0, 0.05) is 13.1 Å². The molecule has 106 valence electrons. The Morgan fingerprint density at radius 3 is 3.00 bits per heavy atom. The van der Waals surface area contributed by atoms with E-state index in [2.05, 4.69) is 24.1 Å². The smallest absolute Gasteiger partial charge is 0.123 e. The highest BCUT2D eigenvalue weighted by Gasteiger charge is 2.28. The predicted octanol–water partition coefficient (Wildman–Crippen LogP) is 2.20. The van der Waals surface area contributed by atoms with Gasteiger partial charge < -0.3 is 10.1 Å². The van der Waals surface area contributed by atoms with Crippen molar-refractivity contribution in [3.05, 3.63) is 35.6 Å². The van der Waals surface area contributed by atoms with Gasteiger partial charge >= 0.3 is 0 Å². The largest absolute Gasteiger partial charge is 0.374 e. The van der Waals surface area contributed by atoms with Gasteiger partial charge in [-0.3, -0.25) is 4.90 Å². The molecule has 1 aromatic carbocycles.